The summed E-state index contributed by atoms with van der Waals surface area (Å²) in [5, 5.41) is 19.3. The average Bonchev–Trinajstić information content (AvgIpc) is 1.94. The molecule has 0 aromatic heterocycles. The van der Waals surface area contributed by atoms with E-state index in [2.05, 4.69) is 13.8 Å². The second-order valence-corrected chi connectivity index (χ2v) is 4.55. The fourth-order valence-electron chi connectivity index (χ4n) is 2.10. The summed E-state index contributed by atoms with van der Waals surface area (Å²) in [6.45, 7) is 4.26. The largest absolute Gasteiger partial charge is 0.393 e. The first-order chi connectivity index (χ1) is 5.52. The van der Waals surface area contributed by atoms with Crippen LogP contribution in [0.1, 0.15) is 46.0 Å². The summed E-state index contributed by atoms with van der Waals surface area (Å²) in [5.74, 6) is 0.547. The van der Waals surface area contributed by atoms with Gasteiger partial charge in [0.25, 0.3) is 0 Å². The Labute approximate surface area is 74.6 Å². The lowest BCUT2D eigenvalue weighted by atomic mass is 9.78. The standard InChI is InChI=1S/C10H20O2/c1-8(2)7-10(12)5-3-9(11)4-6-10/h8-9,11-12H,3-7H2,1-2H3. The van der Waals surface area contributed by atoms with Crippen molar-refractivity contribution in [1.82, 2.24) is 0 Å². The lowest BCUT2D eigenvalue weighted by Crippen LogP contribution is -2.36. The van der Waals surface area contributed by atoms with E-state index in [4.69, 9.17) is 0 Å². The molecule has 0 aromatic rings. The molecule has 0 aromatic carbocycles. The molecular weight excluding hydrogens is 152 g/mol. The summed E-state index contributed by atoms with van der Waals surface area (Å²) < 4.78 is 0. The molecule has 0 atom stereocenters. The minimum atomic E-state index is -0.479. The Kier molecular flexibility index (Phi) is 3.13. The first-order valence-corrected chi connectivity index (χ1v) is 4.92. The van der Waals surface area contributed by atoms with Gasteiger partial charge in [-0.2, -0.15) is 0 Å². The molecule has 0 unspecified atom stereocenters. The van der Waals surface area contributed by atoms with E-state index >= 15 is 0 Å². The molecule has 1 saturated carbocycles. The normalized spacial score (nSPS) is 37.2. The van der Waals surface area contributed by atoms with Crippen LogP contribution in [0.4, 0.5) is 0 Å². The third-order valence-electron chi connectivity index (χ3n) is 2.67. The second kappa shape index (κ2) is 3.75. The molecule has 1 rings (SSSR count). The Morgan fingerprint density at radius 1 is 1.33 bits per heavy atom. The zero-order chi connectivity index (χ0) is 9.19. The molecule has 0 saturated heterocycles. The van der Waals surface area contributed by atoms with E-state index < -0.39 is 5.60 Å². The van der Waals surface area contributed by atoms with Gasteiger partial charge in [-0.3, -0.25) is 0 Å². The van der Waals surface area contributed by atoms with Crippen LogP contribution in [-0.4, -0.2) is 21.9 Å². The Balaban J connectivity index is 2.39. The van der Waals surface area contributed by atoms with Crippen molar-refractivity contribution in [2.75, 3.05) is 0 Å². The van der Waals surface area contributed by atoms with Crippen LogP contribution in [0.3, 0.4) is 0 Å². The van der Waals surface area contributed by atoms with Crippen LogP contribution in [0.2, 0.25) is 0 Å². The van der Waals surface area contributed by atoms with Gasteiger partial charge in [-0.25, -0.2) is 0 Å². The van der Waals surface area contributed by atoms with Crippen molar-refractivity contribution in [2.45, 2.75) is 57.7 Å². The van der Waals surface area contributed by atoms with Crippen molar-refractivity contribution >= 4 is 0 Å². The summed E-state index contributed by atoms with van der Waals surface area (Å²) in [6.07, 6.45) is 3.78. The van der Waals surface area contributed by atoms with E-state index in [-0.39, 0.29) is 6.10 Å². The van der Waals surface area contributed by atoms with Gasteiger partial charge in [0, 0.05) is 0 Å². The maximum Gasteiger partial charge on any atom is 0.0652 e. The van der Waals surface area contributed by atoms with Crippen LogP contribution in [0, 0.1) is 5.92 Å². The first-order valence-electron chi connectivity index (χ1n) is 4.92. The Morgan fingerprint density at radius 2 is 1.83 bits per heavy atom. The number of rotatable bonds is 2. The fourth-order valence-corrected chi connectivity index (χ4v) is 2.10. The highest BCUT2D eigenvalue weighted by molar-refractivity contribution is 4.85. The maximum absolute atomic E-state index is 10.0. The Morgan fingerprint density at radius 3 is 2.25 bits per heavy atom. The summed E-state index contributed by atoms with van der Waals surface area (Å²) in [4.78, 5) is 0. The van der Waals surface area contributed by atoms with Crippen LogP contribution in [0.5, 0.6) is 0 Å². The van der Waals surface area contributed by atoms with Crippen LogP contribution in [0.25, 0.3) is 0 Å². The number of aliphatic hydroxyl groups is 2. The lowest BCUT2D eigenvalue weighted by molar-refractivity contribution is -0.0448. The fraction of sp³-hybridized carbons (Fsp3) is 1.00. The third-order valence-corrected chi connectivity index (χ3v) is 2.67. The van der Waals surface area contributed by atoms with E-state index in [1.54, 1.807) is 0 Å². The zero-order valence-electron chi connectivity index (χ0n) is 8.08. The smallest absolute Gasteiger partial charge is 0.0652 e. The topological polar surface area (TPSA) is 40.5 Å². The minimum absolute atomic E-state index is 0.169. The summed E-state index contributed by atoms with van der Waals surface area (Å²) >= 11 is 0. The van der Waals surface area contributed by atoms with E-state index in [9.17, 15) is 10.2 Å². The van der Waals surface area contributed by atoms with E-state index in [1.165, 1.54) is 0 Å². The van der Waals surface area contributed by atoms with Crippen molar-refractivity contribution in [3.8, 4) is 0 Å². The van der Waals surface area contributed by atoms with Crippen LogP contribution in [-0.2, 0) is 0 Å². The molecule has 0 spiro atoms. The van der Waals surface area contributed by atoms with Crippen molar-refractivity contribution in [2.24, 2.45) is 5.92 Å². The molecule has 2 N–H and O–H groups in total. The van der Waals surface area contributed by atoms with Crippen LogP contribution < -0.4 is 0 Å². The van der Waals surface area contributed by atoms with Gasteiger partial charge >= 0.3 is 0 Å². The quantitative estimate of drug-likeness (QED) is 0.665. The second-order valence-electron chi connectivity index (χ2n) is 4.55. The van der Waals surface area contributed by atoms with E-state index in [0.717, 1.165) is 32.1 Å². The monoisotopic (exact) mass is 172 g/mol. The molecule has 0 amide bonds. The molecule has 0 radical (unpaired) electrons. The molecule has 12 heavy (non-hydrogen) atoms. The van der Waals surface area contributed by atoms with Gasteiger partial charge < -0.3 is 10.2 Å². The molecule has 0 aliphatic heterocycles. The zero-order valence-corrected chi connectivity index (χ0v) is 8.08. The van der Waals surface area contributed by atoms with Crippen molar-refractivity contribution in [3.05, 3.63) is 0 Å². The van der Waals surface area contributed by atoms with Crippen molar-refractivity contribution in [3.63, 3.8) is 0 Å². The summed E-state index contributed by atoms with van der Waals surface area (Å²) in [5.41, 5.74) is -0.479. The Bertz CT molecular complexity index is 135. The molecule has 72 valence electrons. The van der Waals surface area contributed by atoms with Gasteiger partial charge in [-0.15, -0.1) is 0 Å². The molecule has 0 bridgehead atoms. The maximum atomic E-state index is 10.0. The van der Waals surface area contributed by atoms with Gasteiger partial charge in [-0.05, 0) is 38.0 Å². The number of hydrogen-bond donors (Lipinski definition) is 2. The van der Waals surface area contributed by atoms with E-state index in [0.29, 0.717) is 5.92 Å². The molecule has 1 fully saturated rings. The molecule has 0 heterocycles. The lowest BCUT2D eigenvalue weighted by Gasteiger charge is -2.35. The predicted molar refractivity (Wildman–Crippen MR) is 48.9 cm³/mol. The SMILES string of the molecule is CC(C)CC1(O)CCC(O)CC1. The van der Waals surface area contributed by atoms with Gasteiger partial charge in [0.2, 0.25) is 0 Å². The first kappa shape index (κ1) is 10.0. The molecule has 1 aliphatic carbocycles. The van der Waals surface area contributed by atoms with Crippen molar-refractivity contribution < 1.29 is 10.2 Å². The van der Waals surface area contributed by atoms with Gasteiger partial charge in [-0.1, -0.05) is 13.8 Å². The highest BCUT2D eigenvalue weighted by Gasteiger charge is 2.32. The summed E-state index contributed by atoms with van der Waals surface area (Å²) in [7, 11) is 0. The average molecular weight is 172 g/mol. The Hall–Kier alpha value is -0.0800. The van der Waals surface area contributed by atoms with Crippen LogP contribution in [0.15, 0.2) is 0 Å². The highest BCUT2D eigenvalue weighted by atomic mass is 16.3. The van der Waals surface area contributed by atoms with Gasteiger partial charge in [0.15, 0.2) is 0 Å². The number of hydrogen-bond acceptors (Lipinski definition) is 2. The van der Waals surface area contributed by atoms with Gasteiger partial charge in [0.05, 0.1) is 11.7 Å². The van der Waals surface area contributed by atoms with Crippen molar-refractivity contribution in [1.29, 1.82) is 0 Å². The van der Waals surface area contributed by atoms with E-state index in [1.807, 2.05) is 0 Å². The third kappa shape index (κ3) is 2.76. The minimum Gasteiger partial charge on any atom is -0.393 e. The number of aliphatic hydroxyl groups excluding tert-OH is 1. The molecular formula is C10H20O2. The van der Waals surface area contributed by atoms with Gasteiger partial charge in [0.1, 0.15) is 0 Å². The highest BCUT2D eigenvalue weighted by Crippen LogP contribution is 2.33. The van der Waals surface area contributed by atoms with Crippen LogP contribution >= 0.6 is 0 Å². The molecule has 1 aliphatic rings. The molecule has 2 nitrogen and oxygen atoms in total. The molecule has 2 heteroatoms. The summed E-state index contributed by atoms with van der Waals surface area (Å²) in [6, 6.07) is 0. The predicted octanol–water partition coefficient (Wildman–Crippen LogP) is 1.70.